The van der Waals surface area contributed by atoms with Crippen LogP contribution in [0, 0.1) is 19.8 Å². The molecule has 126 valence electrons. The molecule has 1 aromatic carbocycles. The average Bonchev–Trinajstić information content (AvgIpc) is 3.12. The molecule has 1 aliphatic heterocycles. The average molecular weight is 342 g/mol. The maximum atomic E-state index is 12.5. The normalized spacial score (nSPS) is 15.3. The third kappa shape index (κ3) is 3.67. The van der Waals surface area contributed by atoms with Crippen LogP contribution in [0.15, 0.2) is 35.7 Å². The number of carbonyl (C=O) groups excluding carboxylic acids is 2. The highest BCUT2D eigenvalue weighted by atomic mass is 32.1. The Balaban J connectivity index is 1.55. The minimum Gasteiger partial charge on any atom is -0.338 e. The molecule has 0 spiro atoms. The van der Waals surface area contributed by atoms with E-state index in [1.54, 1.807) is 0 Å². The number of benzene rings is 1. The van der Waals surface area contributed by atoms with Gasteiger partial charge in [-0.15, -0.1) is 11.3 Å². The van der Waals surface area contributed by atoms with Gasteiger partial charge in [-0.05, 0) is 61.4 Å². The first-order valence-electron chi connectivity index (χ1n) is 8.25. The van der Waals surface area contributed by atoms with Crippen molar-refractivity contribution in [2.24, 2.45) is 5.92 Å². The molecule has 0 bridgehead atoms. The number of rotatable bonds is 3. The lowest BCUT2D eigenvalue weighted by molar-refractivity contribution is -0.121. The van der Waals surface area contributed by atoms with Gasteiger partial charge < -0.3 is 10.2 Å². The molecule has 1 aliphatic rings. The summed E-state index contributed by atoms with van der Waals surface area (Å²) in [6, 6.07) is 9.71. The molecule has 1 saturated heterocycles. The Labute approximate surface area is 146 Å². The largest absolute Gasteiger partial charge is 0.338 e. The summed E-state index contributed by atoms with van der Waals surface area (Å²) in [7, 11) is 0. The maximum Gasteiger partial charge on any atom is 0.263 e. The summed E-state index contributed by atoms with van der Waals surface area (Å²) in [6.45, 7) is 5.38. The molecule has 2 amide bonds. The number of aryl methyl sites for hydroxylation is 2. The molecule has 1 fully saturated rings. The van der Waals surface area contributed by atoms with Crippen molar-refractivity contribution in [1.82, 2.24) is 4.90 Å². The third-order valence-electron chi connectivity index (χ3n) is 4.66. The van der Waals surface area contributed by atoms with Crippen LogP contribution >= 0.6 is 11.3 Å². The van der Waals surface area contributed by atoms with Gasteiger partial charge in [-0.2, -0.15) is 0 Å². The number of carbonyl (C=O) groups is 2. The third-order valence-corrected chi connectivity index (χ3v) is 5.52. The van der Waals surface area contributed by atoms with Crippen LogP contribution in [0.5, 0.6) is 0 Å². The molecule has 1 N–H and O–H groups in total. The zero-order valence-electron chi connectivity index (χ0n) is 14.0. The summed E-state index contributed by atoms with van der Waals surface area (Å²) in [4.78, 5) is 27.4. The number of thiophene rings is 1. The Kier molecular flexibility index (Phi) is 5.00. The van der Waals surface area contributed by atoms with Crippen LogP contribution in [0.2, 0.25) is 0 Å². The summed E-state index contributed by atoms with van der Waals surface area (Å²) < 4.78 is 0. The molecule has 5 heteroatoms. The highest BCUT2D eigenvalue weighted by molar-refractivity contribution is 7.12. The summed E-state index contributed by atoms with van der Waals surface area (Å²) in [6.07, 6.45) is 1.43. The smallest absolute Gasteiger partial charge is 0.263 e. The number of hydrogen-bond donors (Lipinski definition) is 1. The predicted octanol–water partition coefficient (Wildman–Crippen LogP) is 3.86. The van der Waals surface area contributed by atoms with Gasteiger partial charge in [-0.3, -0.25) is 9.59 Å². The fraction of sp³-hybridized carbons (Fsp3) is 0.368. The van der Waals surface area contributed by atoms with Crippen LogP contribution in [0.3, 0.4) is 0 Å². The van der Waals surface area contributed by atoms with E-state index < -0.39 is 0 Å². The van der Waals surface area contributed by atoms with Crippen LogP contribution in [0.1, 0.15) is 33.6 Å². The zero-order valence-corrected chi connectivity index (χ0v) is 14.9. The summed E-state index contributed by atoms with van der Waals surface area (Å²) in [5.74, 6) is 0.110. The standard InChI is InChI=1S/C19H22N2O2S/c1-13-5-6-16(12-14(13)2)20-18(22)15-7-9-21(10-8-15)19(23)17-4-3-11-24-17/h3-6,11-12,15H,7-10H2,1-2H3,(H,20,22). The van der Waals surface area contributed by atoms with Gasteiger partial charge in [0, 0.05) is 24.7 Å². The van der Waals surface area contributed by atoms with Gasteiger partial charge in [-0.25, -0.2) is 0 Å². The molecule has 24 heavy (non-hydrogen) atoms. The lowest BCUT2D eigenvalue weighted by Crippen LogP contribution is -2.41. The molecule has 0 saturated carbocycles. The van der Waals surface area contributed by atoms with Crippen molar-refractivity contribution in [2.45, 2.75) is 26.7 Å². The molecule has 0 unspecified atom stereocenters. The van der Waals surface area contributed by atoms with Crippen LogP contribution in [0.4, 0.5) is 5.69 Å². The monoisotopic (exact) mass is 342 g/mol. The summed E-state index contributed by atoms with van der Waals surface area (Å²) in [5, 5.41) is 4.92. The second kappa shape index (κ2) is 7.18. The number of anilines is 1. The number of amides is 2. The number of nitrogens with zero attached hydrogens (tertiary/aromatic N) is 1. The quantitative estimate of drug-likeness (QED) is 0.921. The van der Waals surface area contributed by atoms with E-state index in [0.29, 0.717) is 25.9 Å². The van der Waals surface area contributed by atoms with Crippen LogP contribution < -0.4 is 5.32 Å². The highest BCUT2D eigenvalue weighted by Crippen LogP contribution is 2.23. The molecule has 2 aromatic rings. The molecule has 2 heterocycles. The molecule has 4 nitrogen and oxygen atoms in total. The van der Waals surface area contributed by atoms with Gasteiger partial charge in [-0.1, -0.05) is 12.1 Å². The van der Waals surface area contributed by atoms with E-state index in [-0.39, 0.29) is 17.7 Å². The topological polar surface area (TPSA) is 49.4 Å². The minimum atomic E-state index is -0.0287. The van der Waals surface area contributed by atoms with Crippen LogP contribution in [-0.2, 0) is 4.79 Å². The van der Waals surface area contributed by atoms with Gasteiger partial charge >= 0.3 is 0 Å². The lowest BCUT2D eigenvalue weighted by atomic mass is 9.95. The Morgan fingerprint density at radius 2 is 1.88 bits per heavy atom. The van der Waals surface area contributed by atoms with Crippen molar-refractivity contribution in [1.29, 1.82) is 0 Å². The van der Waals surface area contributed by atoms with E-state index in [4.69, 9.17) is 0 Å². The Bertz CT molecular complexity index is 732. The maximum absolute atomic E-state index is 12.5. The first-order valence-corrected chi connectivity index (χ1v) is 9.13. The van der Waals surface area contributed by atoms with Gasteiger partial charge in [0.1, 0.15) is 0 Å². The Morgan fingerprint density at radius 1 is 1.12 bits per heavy atom. The molecular formula is C19H22N2O2S. The van der Waals surface area contributed by atoms with Crippen molar-refractivity contribution in [3.05, 3.63) is 51.7 Å². The van der Waals surface area contributed by atoms with Crippen molar-refractivity contribution in [3.63, 3.8) is 0 Å². The predicted molar refractivity (Wildman–Crippen MR) is 97.5 cm³/mol. The Morgan fingerprint density at radius 3 is 2.50 bits per heavy atom. The molecule has 3 rings (SSSR count). The first kappa shape index (κ1) is 16.7. The number of hydrogen-bond acceptors (Lipinski definition) is 3. The Hall–Kier alpha value is -2.14. The fourth-order valence-electron chi connectivity index (χ4n) is 2.96. The van der Waals surface area contributed by atoms with Crippen molar-refractivity contribution in [2.75, 3.05) is 18.4 Å². The SMILES string of the molecule is Cc1ccc(NC(=O)C2CCN(C(=O)c3cccs3)CC2)cc1C. The highest BCUT2D eigenvalue weighted by Gasteiger charge is 2.28. The van der Waals surface area contributed by atoms with E-state index in [1.165, 1.54) is 22.5 Å². The summed E-state index contributed by atoms with van der Waals surface area (Å²) in [5.41, 5.74) is 3.23. The second-order valence-corrected chi connectivity index (χ2v) is 7.28. The molecule has 0 atom stereocenters. The fourth-order valence-corrected chi connectivity index (χ4v) is 3.66. The first-order chi connectivity index (χ1) is 11.5. The van der Waals surface area contributed by atoms with E-state index in [9.17, 15) is 9.59 Å². The molecule has 1 aromatic heterocycles. The van der Waals surface area contributed by atoms with Gasteiger partial charge in [0.2, 0.25) is 5.91 Å². The molecule has 0 aliphatic carbocycles. The van der Waals surface area contributed by atoms with Gasteiger partial charge in [0.05, 0.1) is 4.88 Å². The lowest BCUT2D eigenvalue weighted by Gasteiger charge is -2.31. The number of piperidine rings is 1. The van der Waals surface area contributed by atoms with E-state index in [2.05, 4.69) is 12.2 Å². The summed E-state index contributed by atoms with van der Waals surface area (Å²) >= 11 is 1.47. The van der Waals surface area contributed by atoms with E-state index in [0.717, 1.165) is 10.6 Å². The van der Waals surface area contributed by atoms with Crippen LogP contribution in [-0.4, -0.2) is 29.8 Å². The second-order valence-electron chi connectivity index (χ2n) is 6.33. The van der Waals surface area contributed by atoms with Crippen LogP contribution in [0.25, 0.3) is 0 Å². The van der Waals surface area contributed by atoms with Crippen molar-refractivity contribution < 1.29 is 9.59 Å². The van der Waals surface area contributed by atoms with Crippen molar-refractivity contribution >= 4 is 28.8 Å². The van der Waals surface area contributed by atoms with Gasteiger partial charge in [0.15, 0.2) is 0 Å². The molecular weight excluding hydrogens is 320 g/mol. The van der Waals surface area contributed by atoms with Gasteiger partial charge in [0.25, 0.3) is 5.91 Å². The number of likely N-dealkylation sites (tertiary alicyclic amines) is 1. The van der Waals surface area contributed by atoms with E-state index >= 15 is 0 Å². The minimum absolute atomic E-state index is 0.0287. The number of nitrogens with one attached hydrogen (secondary N) is 1. The van der Waals surface area contributed by atoms with E-state index in [1.807, 2.05) is 47.5 Å². The zero-order chi connectivity index (χ0) is 17.1. The van der Waals surface area contributed by atoms with Crippen molar-refractivity contribution in [3.8, 4) is 0 Å². The molecule has 0 radical (unpaired) electrons.